The fraction of sp³-hybridized carbons (Fsp3) is 0.321. The highest BCUT2D eigenvalue weighted by atomic mass is 32.2. The number of Topliss-reactive ketones (excluding diaryl/α,β-unsaturated/α-hetero) is 1. The number of benzene rings is 7. The Morgan fingerprint density at radius 3 is 1.78 bits per heavy atom. The molecule has 1 amide bonds. The number of fused-ring (bicyclic) bond motifs is 4. The van der Waals surface area contributed by atoms with Gasteiger partial charge in [0, 0.05) is 110 Å². The van der Waals surface area contributed by atoms with E-state index in [1.807, 2.05) is 103 Å². The van der Waals surface area contributed by atoms with Crippen molar-refractivity contribution in [2.75, 3.05) is 49.1 Å². The van der Waals surface area contributed by atoms with Gasteiger partial charge in [-0.3, -0.25) is 28.5 Å². The molecule has 0 unspecified atom stereocenters. The first-order chi connectivity index (χ1) is 47.0. The summed E-state index contributed by atoms with van der Waals surface area (Å²) in [5, 5.41) is 49.3. The van der Waals surface area contributed by atoms with E-state index in [1.165, 1.54) is 0 Å². The zero-order valence-corrected chi connectivity index (χ0v) is 59.0. The van der Waals surface area contributed by atoms with Gasteiger partial charge in [-0.2, -0.15) is 21.4 Å². The molecule has 0 saturated heterocycles. The van der Waals surface area contributed by atoms with Crippen molar-refractivity contribution in [2.45, 2.75) is 117 Å². The van der Waals surface area contributed by atoms with E-state index in [0.717, 1.165) is 77.7 Å². The molecule has 21 heteroatoms. The largest absolute Gasteiger partial charge is 0.488 e. The minimum Gasteiger partial charge on any atom is -0.423 e. The summed E-state index contributed by atoms with van der Waals surface area (Å²) in [5.74, 6) is 6.03. The maximum atomic E-state index is 12.9. The number of anilines is 1. The van der Waals surface area contributed by atoms with Crippen LogP contribution in [0.25, 0.3) is 21.5 Å². The van der Waals surface area contributed by atoms with Gasteiger partial charge in [-0.15, -0.1) is 0 Å². The van der Waals surface area contributed by atoms with Crippen molar-refractivity contribution in [1.82, 2.24) is 15.1 Å². The molecule has 0 bridgehead atoms. The number of carbonyl (C=O) groups excluding carboxylic acids is 2. The van der Waals surface area contributed by atoms with E-state index in [-0.39, 0.29) is 24.5 Å². The molecule has 0 atom stereocenters. The monoisotopic (exact) mass is 1370 g/mol. The SMILES string of the molecule is C=C(C)C(=O)CCCCN(Cc1ccccc1B(O)O)Cc1c2ccccc2c(CN(CCCNC(=O)C(=C)C)Cc2ccccc2B(O)O)c2ccc(C#CC(C=CC3=[N+](CCCS(=O)(=O)O)c4ccccc4C3(C)C)=CC=C3N(CCCS(=O)(=O)O)c4ccccc4C3(C)C)cc12. The second kappa shape index (κ2) is 32.8. The second-order valence-corrected chi connectivity index (χ2v) is 30.0. The molecule has 7 aromatic carbocycles. The van der Waals surface area contributed by atoms with Crippen LogP contribution >= 0.6 is 0 Å². The Morgan fingerprint density at radius 2 is 1.17 bits per heavy atom. The van der Waals surface area contributed by atoms with E-state index in [4.69, 9.17) is 0 Å². The number of hydrogen-bond acceptors (Lipinski definition) is 13. The normalized spacial score (nSPS) is 14.7. The van der Waals surface area contributed by atoms with Crippen molar-refractivity contribution in [3.05, 3.63) is 238 Å². The number of para-hydroxylation sites is 2. The van der Waals surface area contributed by atoms with Gasteiger partial charge in [0.15, 0.2) is 11.5 Å². The lowest BCUT2D eigenvalue weighted by Gasteiger charge is -2.28. The predicted octanol–water partition coefficient (Wildman–Crippen LogP) is 9.90. The molecule has 516 valence electrons. The lowest BCUT2D eigenvalue weighted by molar-refractivity contribution is -0.437. The number of hydrogen-bond donors (Lipinski definition) is 7. The van der Waals surface area contributed by atoms with Crippen molar-refractivity contribution in [1.29, 1.82) is 0 Å². The molecule has 2 aliphatic heterocycles. The predicted molar refractivity (Wildman–Crippen MR) is 399 cm³/mol. The summed E-state index contributed by atoms with van der Waals surface area (Å²) in [6, 6.07) is 44.8. The summed E-state index contributed by atoms with van der Waals surface area (Å²) in [6.07, 6.45) is 10.4. The van der Waals surface area contributed by atoms with Crippen LogP contribution in [-0.4, -0.2) is 136 Å². The van der Waals surface area contributed by atoms with Gasteiger partial charge < -0.3 is 30.3 Å². The molecule has 17 nitrogen and oxygen atoms in total. The summed E-state index contributed by atoms with van der Waals surface area (Å²) >= 11 is 0. The fourth-order valence-corrected chi connectivity index (χ4v) is 14.7. The van der Waals surface area contributed by atoms with Gasteiger partial charge in [0.1, 0.15) is 6.54 Å². The van der Waals surface area contributed by atoms with Crippen LogP contribution < -0.4 is 21.1 Å². The first-order valence-corrected chi connectivity index (χ1v) is 36.8. The second-order valence-electron chi connectivity index (χ2n) is 26.9. The van der Waals surface area contributed by atoms with E-state index < -0.39 is 56.8 Å². The molecule has 9 rings (SSSR count). The van der Waals surface area contributed by atoms with Gasteiger partial charge in [-0.25, -0.2) is 0 Å². The lowest BCUT2D eigenvalue weighted by Crippen LogP contribution is -2.36. The van der Waals surface area contributed by atoms with Crippen LogP contribution in [0.5, 0.6) is 0 Å². The van der Waals surface area contributed by atoms with Crippen LogP contribution in [0.4, 0.5) is 11.4 Å². The Morgan fingerprint density at radius 1 is 0.626 bits per heavy atom. The molecule has 0 aromatic heterocycles. The smallest absolute Gasteiger partial charge is 0.423 e. The van der Waals surface area contributed by atoms with Gasteiger partial charge in [-0.1, -0.05) is 154 Å². The van der Waals surface area contributed by atoms with Gasteiger partial charge in [0.05, 0.1) is 16.9 Å². The maximum Gasteiger partial charge on any atom is 0.488 e. The van der Waals surface area contributed by atoms with Crippen LogP contribution in [0.15, 0.2) is 199 Å². The highest BCUT2D eigenvalue weighted by Gasteiger charge is 2.44. The van der Waals surface area contributed by atoms with Gasteiger partial charge in [0.25, 0.3) is 20.2 Å². The molecule has 0 saturated carbocycles. The third-order valence-electron chi connectivity index (χ3n) is 18.8. The molecular formula is C78H90B2N5O12S2+. The molecule has 7 aromatic rings. The van der Waals surface area contributed by atoms with Crippen molar-refractivity contribution < 1.29 is 60.2 Å². The van der Waals surface area contributed by atoms with Crippen molar-refractivity contribution in [3.8, 4) is 11.8 Å². The number of carbonyl (C=O) groups is 2. The average molecular weight is 1380 g/mol. The Hall–Kier alpha value is -8.36. The van der Waals surface area contributed by atoms with E-state index in [9.17, 15) is 55.6 Å². The third-order valence-corrected chi connectivity index (χ3v) is 20.4. The van der Waals surface area contributed by atoms with Gasteiger partial charge >= 0.3 is 14.2 Å². The first kappa shape index (κ1) is 74.9. The fourth-order valence-electron chi connectivity index (χ4n) is 13.7. The third kappa shape index (κ3) is 18.9. The van der Waals surface area contributed by atoms with E-state index in [0.29, 0.717) is 118 Å². The summed E-state index contributed by atoms with van der Waals surface area (Å²) in [6.45, 7) is 22.9. The van der Waals surface area contributed by atoms with Crippen molar-refractivity contribution >= 4 is 95.7 Å². The Labute approximate surface area is 584 Å². The molecule has 0 aliphatic carbocycles. The minimum absolute atomic E-state index is 0.00513. The summed E-state index contributed by atoms with van der Waals surface area (Å²) in [4.78, 5) is 32.2. The minimum atomic E-state index is -4.25. The van der Waals surface area contributed by atoms with Gasteiger partial charge in [-0.05, 0) is 162 Å². The van der Waals surface area contributed by atoms with E-state index >= 15 is 0 Å². The number of ketones is 1. The number of nitrogens with zero attached hydrogens (tertiary/aromatic N) is 4. The first-order valence-electron chi connectivity index (χ1n) is 33.6. The van der Waals surface area contributed by atoms with Crippen LogP contribution in [0.3, 0.4) is 0 Å². The lowest BCUT2D eigenvalue weighted by atomic mass is 9.77. The van der Waals surface area contributed by atoms with Gasteiger partial charge in [0.2, 0.25) is 11.6 Å². The van der Waals surface area contributed by atoms with Crippen LogP contribution in [0.2, 0.25) is 0 Å². The van der Waals surface area contributed by atoms with Crippen LogP contribution in [-0.2, 0) is 66.8 Å². The van der Waals surface area contributed by atoms with Crippen molar-refractivity contribution in [3.63, 3.8) is 0 Å². The van der Waals surface area contributed by atoms with Crippen molar-refractivity contribution in [2.24, 2.45) is 0 Å². The quantitative estimate of drug-likeness (QED) is 0.00303. The number of amides is 1. The molecule has 0 radical (unpaired) electrons. The van der Waals surface area contributed by atoms with Crippen LogP contribution in [0, 0.1) is 11.8 Å². The zero-order valence-electron chi connectivity index (χ0n) is 57.4. The highest BCUT2D eigenvalue weighted by molar-refractivity contribution is 7.86. The summed E-state index contributed by atoms with van der Waals surface area (Å²) < 4.78 is 70.1. The number of unbranched alkanes of at least 4 members (excludes halogenated alkanes) is 1. The maximum absolute atomic E-state index is 12.9. The molecule has 0 spiro atoms. The topological polar surface area (TPSA) is 249 Å². The molecular weight excluding hydrogens is 1280 g/mol. The van der Waals surface area contributed by atoms with E-state index in [1.54, 1.807) is 38.1 Å². The van der Waals surface area contributed by atoms with E-state index in [2.05, 4.69) is 114 Å². The molecule has 7 N–H and O–H groups in total. The average Bonchev–Trinajstić information content (AvgIpc) is 1.72. The van der Waals surface area contributed by atoms with Crippen LogP contribution in [0.1, 0.15) is 119 Å². The zero-order chi connectivity index (χ0) is 71.4. The Bertz CT molecular complexity index is 4640. The number of rotatable bonds is 32. The molecule has 99 heavy (non-hydrogen) atoms. The standard InChI is InChI=1S/C78H89B2N5O12S2/c1-55(2)73(86)34-19-20-44-82(51-59-24-9-15-30-69(59)79(88)89)54-66-62-27-12-11-26-61(62)65(53-83(45-21-43-81-76(87)56(3)4)52-60-25-10-16-31-70(60)80(90)91)63-40-37-58(50-64(63)66)36-35-57(38-41-74-77(5,6)67-28-13-17-32-71(67)84(74)46-22-48-98(92,93)94)39-42-75-78(7,8)68-29-14-18-33-72(68)85(75)47-23-49-99(95,96)97/h9-18,24-33,37-42,50,88-91H,1,3,19-23,34,43-49,51-54H2,2,4-8H3,(H2-,81,87,92,93,94,95,96,97)/p+1. The summed E-state index contributed by atoms with van der Waals surface area (Å²) in [5.41, 5.74) is 10.8. The summed E-state index contributed by atoms with van der Waals surface area (Å²) in [7, 11) is -12.0. The molecule has 2 aliphatic rings. The molecule has 0 fully saturated rings. The highest BCUT2D eigenvalue weighted by Crippen LogP contribution is 2.48. The Balaban J connectivity index is 1.25. The molecule has 2 heterocycles. The Kier molecular flexibility index (Phi) is 24.8. The number of nitrogens with one attached hydrogen (secondary N) is 1. The number of allylic oxidation sites excluding steroid dienone is 7.